The van der Waals surface area contributed by atoms with Crippen molar-refractivity contribution >= 4 is 21.6 Å². The van der Waals surface area contributed by atoms with Crippen LogP contribution in [0.25, 0.3) is 0 Å². The molecule has 2 N–H and O–H groups in total. The molecule has 21 heavy (non-hydrogen) atoms. The molecular weight excluding hydrogens is 290 g/mol. The lowest BCUT2D eigenvalue weighted by Crippen LogP contribution is -2.36. The van der Waals surface area contributed by atoms with Crippen LogP contribution in [0.2, 0.25) is 0 Å². The number of anilines is 1. The zero-order valence-electron chi connectivity index (χ0n) is 13.0. The Morgan fingerprint density at radius 3 is 2.05 bits per heavy atom. The van der Waals surface area contributed by atoms with Gasteiger partial charge in [0.2, 0.25) is 15.9 Å². The third-order valence-corrected chi connectivity index (χ3v) is 4.42. The van der Waals surface area contributed by atoms with Crippen LogP contribution >= 0.6 is 0 Å². The summed E-state index contributed by atoms with van der Waals surface area (Å²) in [5, 5.41) is 3.04. The van der Waals surface area contributed by atoms with Crippen molar-refractivity contribution in [3.63, 3.8) is 0 Å². The van der Waals surface area contributed by atoms with Gasteiger partial charge in [0.25, 0.3) is 0 Å². The first kappa shape index (κ1) is 17.5. The smallest absolute Gasteiger partial charge is 0.244 e. The van der Waals surface area contributed by atoms with Crippen molar-refractivity contribution in [1.82, 2.24) is 9.62 Å². The molecule has 0 fully saturated rings. The first-order chi connectivity index (χ1) is 9.63. The van der Waals surface area contributed by atoms with Gasteiger partial charge in [0.15, 0.2) is 0 Å². The Balaban J connectivity index is 2.82. The van der Waals surface area contributed by atoms with Crippen LogP contribution in [0.15, 0.2) is 29.2 Å². The van der Waals surface area contributed by atoms with Crippen molar-refractivity contribution in [2.75, 3.05) is 19.4 Å². The standard InChI is InChI=1S/C14H23N3O3S/c1-10(2)16-21(19,20)13-8-6-12(7-9-13)15-11(3)14(18)17(4)5/h6-11,15-16H,1-5H3. The van der Waals surface area contributed by atoms with E-state index in [1.54, 1.807) is 47.0 Å². The summed E-state index contributed by atoms with van der Waals surface area (Å²) >= 11 is 0. The Bertz CT molecular complexity index is 580. The molecule has 0 aliphatic rings. The summed E-state index contributed by atoms with van der Waals surface area (Å²) in [5.41, 5.74) is 0.696. The van der Waals surface area contributed by atoms with Crippen LogP contribution in [0.1, 0.15) is 20.8 Å². The van der Waals surface area contributed by atoms with E-state index >= 15 is 0 Å². The molecule has 0 aromatic heterocycles. The van der Waals surface area contributed by atoms with E-state index in [-0.39, 0.29) is 22.9 Å². The monoisotopic (exact) mass is 313 g/mol. The second-order valence-electron chi connectivity index (χ2n) is 5.40. The van der Waals surface area contributed by atoms with Crippen molar-refractivity contribution in [2.24, 2.45) is 0 Å². The molecule has 0 saturated heterocycles. The Kier molecular flexibility index (Phi) is 5.74. The van der Waals surface area contributed by atoms with Crippen LogP contribution in [0.4, 0.5) is 5.69 Å². The first-order valence-corrected chi connectivity index (χ1v) is 8.22. The van der Waals surface area contributed by atoms with Gasteiger partial charge in [-0.1, -0.05) is 0 Å². The SMILES string of the molecule is CC(C)NS(=O)(=O)c1ccc(NC(C)C(=O)N(C)C)cc1. The van der Waals surface area contributed by atoms with Crippen LogP contribution in [0, 0.1) is 0 Å². The van der Waals surface area contributed by atoms with Gasteiger partial charge in [-0.05, 0) is 45.0 Å². The molecule has 0 saturated carbocycles. The molecule has 1 aromatic carbocycles. The van der Waals surface area contributed by atoms with Gasteiger partial charge in [0, 0.05) is 25.8 Å². The number of benzene rings is 1. The zero-order valence-corrected chi connectivity index (χ0v) is 13.9. The maximum absolute atomic E-state index is 12.0. The van der Waals surface area contributed by atoms with Gasteiger partial charge in [-0.15, -0.1) is 0 Å². The molecule has 0 aliphatic heterocycles. The number of nitrogens with zero attached hydrogens (tertiary/aromatic N) is 1. The Labute approximate surface area is 126 Å². The van der Waals surface area contributed by atoms with E-state index in [1.165, 1.54) is 17.0 Å². The summed E-state index contributed by atoms with van der Waals surface area (Å²) in [5.74, 6) is -0.0480. The number of carbonyl (C=O) groups excluding carboxylic acids is 1. The second-order valence-corrected chi connectivity index (χ2v) is 7.11. The van der Waals surface area contributed by atoms with Crippen LogP contribution in [-0.4, -0.2) is 45.4 Å². The molecule has 7 heteroatoms. The molecule has 118 valence electrons. The van der Waals surface area contributed by atoms with Crippen LogP contribution < -0.4 is 10.0 Å². The lowest BCUT2D eigenvalue weighted by Gasteiger charge is -2.19. The highest BCUT2D eigenvalue weighted by molar-refractivity contribution is 7.89. The fraction of sp³-hybridized carbons (Fsp3) is 0.500. The van der Waals surface area contributed by atoms with Crippen LogP contribution in [-0.2, 0) is 14.8 Å². The van der Waals surface area contributed by atoms with E-state index in [9.17, 15) is 13.2 Å². The molecule has 0 aliphatic carbocycles. The summed E-state index contributed by atoms with van der Waals surface area (Å²) < 4.78 is 26.5. The first-order valence-electron chi connectivity index (χ1n) is 6.73. The minimum atomic E-state index is -3.49. The number of amides is 1. The lowest BCUT2D eigenvalue weighted by atomic mass is 10.2. The maximum atomic E-state index is 12.0. The van der Waals surface area contributed by atoms with Gasteiger partial charge in [0.05, 0.1) is 4.90 Å². The van der Waals surface area contributed by atoms with Crippen molar-refractivity contribution in [3.05, 3.63) is 24.3 Å². The molecule has 0 spiro atoms. The van der Waals surface area contributed by atoms with Crippen LogP contribution in [0.5, 0.6) is 0 Å². The number of rotatable bonds is 6. The molecule has 1 rings (SSSR count). The van der Waals surface area contributed by atoms with Gasteiger partial charge in [-0.3, -0.25) is 4.79 Å². The number of nitrogens with one attached hydrogen (secondary N) is 2. The van der Waals surface area contributed by atoms with Crippen molar-refractivity contribution in [3.8, 4) is 0 Å². The normalized spacial score (nSPS) is 13.0. The number of sulfonamides is 1. The van der Waals surface area contributed by atoms with E-state index in [2.05, 4.69) is 10.0 Å². The topological polar surface area (TPSA) is 78.5 Å². The summed E-state index contributed by atoms with van der Waals surface area (Å²) in [7, 11) is -0.111. The molecule has 0 heterocycles. The predicted molar refractivity (Wildman–Crippen MR) is 83.7 cm³/mol. The van der Waals surface area contributed by atoms with Crippen molar-refractivity contribution < 1.29 is 13.2 Å². The lowest BCUT2D eigenvalue weighted by molar-refractivity contribution is -0.129. The Morgan fingerprint density at radius 1 is 1.10 bits per heavy atom. The molecule has 1 atom stereocenters. The number of carbonyl (C=O) groups is 1. The van der Waals surface area contributed by atoms with Gasteiger partial charge >= 0.3 is 0 Å². The maximum Gasteiger partial charge on any atom is 0.244 e. The van der Waals surface area contributed by atoms with Gasteiger partial charge in [0.1, 0.15) is 6.04 Å². The fourth-order valence-corrected chi connectivity index (χ4v) is 3.06. The van der Waals surface area contributed by atoms with E-state index in [0.29, 0.717) is 5.69 Å². The minimum Gasteiger partial charge on any atom is -0.374 e. The highest BCUT2D eigenvalue weighted by atomic mass is 32.2. The average molecular weight is 313 g/mol. The van der Waals surface area contributed by atoms with Gasteiger partial charge < -0.3 is 10.2 Å². The second kappa shape index (κ2) is 6.91. The van der Waals surface area contributed by atoms with Crippen LogP contribution in [0.3, 0.4) is 0 Å². The molecule has 1 aromatic rings. The third-order valence-electron chi connectivity index (χ3n) is 2.75. The highest BCUT2D eigenvalue weighted by Crippen LogP contribution is 2.15. The molecular formula is C14H23N3O3S. The summed E-state index contributed by atoms with van der Waals surface area (Å²) in [6.45, 7) is 5.29. The minimum absolute atomic E-state index is 0.0480. The molecule has 1 amide bonds. The number of hydrogen-bond acceptors (Lipinski definition) is 4. The molecule has 1 unspecified atom stereocenters. The number of hydrogen-bond donors (Lipinski definition) is 2. The van der Waals surface area contributed by atoms with E-state index in [0.717, 1.165) is 0 Å². The summed E-state index contributed by atoms with van der Waals surface area (Å²) in [6.07, 6.45) is 0. The molecule has 0 radical (unpaired) electrons. The largest absolute Gasteiger partial charge is 0.374 e. The molecule has 0 bridgehead atoms. The Hall–Kier alpha value is -1.60. The van der Waals surface area contributed by atoms with Crippen molar-refractivity contribution in [2.45, 2.75) is 37.8 Å². The number of likely N-dealkylation sites (N-methyl/N-ethyl adjacent to an activating group) is 1. The van der Waals surface area contributed by atoms with E-state index in [1.807, 2.05) is 0 Å². The summed E-state index contributed by atoms with van der Waals surface area (Å²) in [6, 6.07) is 5.78. The van der Waals surface area contributed by atoms with E-state index < -0.39 is 10.0 Å². The van der Waals surface area contributed by atoms with Crippen molar-refractivity contribution in [1.29, 1.82) is 0 Å². The highest BCUT2D eigenvalue weighted by Gasteiger charge is 2.17. The quantitative estimate of drug-likeness (QED) is 0.829. The summed E-state index contributed by atoms with van der Waals surface area (Å²) in [4.78, 5) is 13.5. The average Bonchev–Trinajstić information content (AvgIpc) is 2.36. The fourth-order valence-electron chi connectivity index (χ4n) is 1.81. The molecule has 6 nitrogen and oxygen atoms in total. The third kappa shape index (κ3) is 5.02. The Morgan fingerprint density at radius 2 is 1.62 bits per heavy atom. The van der Waals surface area contributed by atoms with E-state index in [4.69, 9.17) is 0 Å². The van der Waals surface area contributed by atoms with Gasteiger partial charge in [-0.2, -0.15) is 0 Å². The zero-order chi connectivity index (χ0) is 16.2. The predicted octanol–water partition coefficient (Wildman–Crippen LogP) is 1.26. The van der Waals surface area contributed by atoms with Gasteiger partial charge in [-0.25, -0.2) is 13.1 Å².